The maximum atomic E-state index is 11.5. The lowest BCUT2D eigenvalue weighted by atomic mass is 9.94. The molecule has 0 radical (unpaired) electrons. The summed E-state index contributed by atoms with van der Waals surface area (Å²) in [6.45, 7) is 0. The molecule has 1 aromatic carbocycles. The van der Waals surface area contributed by atoms with E-state index in [0.29, 0.717) is 6.42 Å². The molecular formula is C13H15BrO3S. The largest absolute Gasteiger partial charge is 0.496 e. The van der Waals surface area contributed by atoms with E-state index in [2.05, 4.69) is 15.9 Å². The zero-order chi connectivity index (χ0) is 13.2. The molecule has 1 fully saturated rings. The lowest BCUT2D eigenvalue weighted by Gasteiger charge is -2.24. The van der Waals surface area contributed by atoms with E-state index in [1.807, 2.05) is 18.2 Å². The summed E-state index contributed by atoms with van der Waals surface area (Å²) < 4.78 is 5.57. The van der Waals surface area contributed by atoms with Crippen molar-refractivity contribution in [3.63, 3.8) is 0 Å². The van der Waals surface area contributed by atoms with Crippen LogP contribution < -0.4 is 4.74 Å². The van der Waals surface area contributed by atoms with E-state index in [1.165, 1.54) is 0 Å². The number of ether oxygens (including phenoxy) is 1. The van der Waals surface area contributed by atoms with Crippen molar-refractivity contribution in [1.29, 1.82) is 0 Å². The lowest BCUT2D eigenvalue weighted by molar-refractivity contribution is -0.139. The van der Waals surface area contributed by atoms with Crippen molar-refractivity contribution >= 4 is 33.7 Å². The molecule has 0 saturated carbocycles. The molecular weight excluding hydrogens is 316 g/mol. The van der Waals surface area contributed by atoms with Gasteiger partial charge in [-0.05, 0) is 42.4 Å². The predicted octanol–water partition coefficient (Wildman–Crippen LogP) is 3.35. The summed E-state index contributed by atoms with van der Waals surface area (Å²) in [7, 11) is 1.61. The molecule has 0 aliphatic carbocycles. The quantitative estimate of drug-likeness (QED) is 0.919. The van der Waals surface area contributed by atoms with Crippen LogP contribution >= 0.6 is 27.7 Å². The monoisotopic (exact) mass is 330 g/mol. The van der Waals surface area contributed by atoms with E-state index in [9.17, 15) is 9.90 Å². The first-order valence-corrected chi connectivity index (χ1v) is 7.55. The summed E-state index contributed by atoms with van der Waals surface area (Å²) >= 11 is 4.97. The van der Waals surface area contributed by atoms with Crippen LogP contribution in [0.5, 0.6) is 5.75 Å². The molecule has 1 aliphatic rings. The molecule has 2 rings (SSSR count). The van der Waals surface area contributed by atoms with Crippen LogP contribution in [0, 0.1) is 0 Å². The first-order valence-electron chi connectivity index (χ1n) is 5.77. The maximum Gasteiger partial charge on any atom is 0.320 e. The molecule has 1 saturated heterocycles. The number of aliphatic carboxylic acids is 1. The van der Waals surface area contributed by atoms with E-state index in [0.717, 1.165) is 34.4 Å². The smallest absolute Gasteiger partial charge is 0.320 e. The highest BCUT2D eigenvalue weighted by Crippen LogP contribution is 2.42. The van der Waals surface area contributed by atoms with Crippen LogP contribution in [-0.2, 0) is 11.2 Å². The third-order valence-electron chi connectivity index (χ3n) is 3.21. The Balaban J connectivity index is 2.32. The molecule has 1 heterocycles. The summed E-state index contributed by atoms with van der Waals surface area (Å²) in [6, 6.07) is 5.72. The van der Waals surface area contributed by atoms with Gasteiger partial charge < -0.3 is 9.84 Å². The SMILES string of the molecule is COc1ccc(Br)cc1CC1(C(=O)O)CCCS1. The van der Waals surface area contributed by atoms with Crippen LogP contribution in [-0.4, -0.2) is 28.7 Å². The molecule has 1 N–H and O–H groups in total. The summed E-state index contributed by atoms with van der Waals surface area (Å²) in [6.07, 6.45) is 2.20. The zero-order valence-corrected chi connectivity index (χ0v) is 12.5. The van der Waals surface area contributed by atoms with Crippen molar-refractivity contribution in [1.82, 2.24) is 0 Å². The van der Waals surface area contributed by atoms with Gasteiger partial charge in [-0.2, -0.15) is 0 Å². The second-order valence-electron chi connectivity index (χ2n) is 4.38. The highest BCUT2D eigenvalue weighted by Gasteiger charge is 2.42. The molecule has 5 heteroatoms. The number of carboxylic acids is 1. The number of carbonyl (C=O) groups is 1. The van der Waals surface area contributed by atoms with Crippen molar-refractivity contribution in [3.8, 4) is 5.75 Å². The first kappa shape index (κ1) is 13.7. The molecule has 1 unspecified atom stereocenters. The van der Waals surface area contributed by atoms with Crippen LogP contribution in [0.1, 0.15) is 18.4 Å². The van der Waals surface area contributed by atoms with Gasteiger partial charge in [0.2, 0.25) is 0 Å². The number of methoxy groups -OCH3 is 1. The lowest BCUT2D eigenvalue weighted by Crippen LogP contribution is -2.34. The Bertz CT molecular complexity index is 456. The third-order valence-corrected chi connectivity index (χ3v) is 5.27. The Morgan fingerprint density at radius 1 is 1.61 bits per heavy atom. The van der Waals surface area contributed by atoms with Gasteiger partial charge in [0.15, 0.2) is 0 Å². The van der Waals surface area contributed by atoms with Gasteiger partial charge in [0.05, 0.1) is 7.11 Å². The first-order chi connectivity index (χ1) is 8.57. The summed E-state index contributed by atoms with van der Waals surface area (Å²) in [4.78, 5) is 11.5. The number of halogens is 1. The Morgan fingerprint density at radius 3 is 2.94 bits per heavy atom. The fourth-order valence-electron chi connectivity index (χ4n) is 2.27. The fourth-order valence-corrected chi connectivity index (χ4v) is 4.03. The molecule has 3 nitrogen and oxygen atoms in total. The van der Waals surface area contributed by atoms with Gasteiger partial charge in [-0.3, -0.25) is 4.79 Å². The van der Waals surface area contributed by atoms with Crippen molar-refractivity contribution in [3.05, 3.63) is 28.2 Å². The van der Waals surface area contributed by atoms with Crippen molar-refractivity contribution in [2.75, 3.05) is 12.9 Å². The Labute approximate surface area is 119 Å². The minimum atomic E-state index is -0.716. The van der Waals surface area contributed by atoms with E-state index in [-0.39, 0.29) is 0 Å². The zero-order valence-electron chi connectivity index (χ0n) is 10.1. The molecule has 0 aromatic heterocycles. The highest BCUT2D eigenvalue weighted by molar-refractivity contribution is 9.10. The molecule has 18 heavy (non-hydrogen) atoms. The normalized spacial score (nSPS) is 23.0. The average molecular weight is 331 g/mol. The topological polar surface area (TPSA) is 46.5 Å². The van der Waals surface area contributed by atoms with E-state index < -0.39 is 10.7 Å². The van der Waals surface area contributed by atoms with E-state index in [1.54, 1.807) is 18.9 Å². The number of hydrogen-bond donors (Lipinski definition) is 1. The number of rotatable bonds is 4. The molecule has 1 aliphatic heterocycles. The van der Waals surface area contributed by atoms with Crippen molar-refractivity contribution < 1.29 is 14.6 Å². The molecule has 98 valence electrons. The second-order valence-corrected chi connectivity index (χ2v) is 6.78. The van der Waals surface area contributed by atoms with Gasteiger partial charge in [0, 0.05) is 10.9 Å². The number of thioether (sulfide) groups is 1. The summed E-state index contributed by atoms with van der Waals surface area (Å²) in [5, 5.41) is 9.48. The van der Waals surface area contributed by atoms with E-state index >= 15 is 0 Å². The fraction of sp³-hybridized carbons (Fsp3) is 0.462. The number of carboxylic acid groups (broad SMARTS) is 1. The molecule has 0 spiro atoms. The number of benzene rings is 1. The molecule has 1 aromatic rings. The number of hydrogen-bond acceptors (Lipinski definition) is 3. The third kappa shape index (κ3) is 2.67. The highest BCUT2D eigenvalue weighted by atomic mass is 79.9. The molecule has 0 bridgehead atoms. The van der Waals surface area contributed by atoms with Gasteiger partial charge in [-0.1, -0.05) is 15.9 Å². The van der Waals surface area contributed by atoms with Crippen LogP contribution in [0.15, 0.2) is 22.7 Å². The van der Waals surface area contributed by atoms with Crippen LogP contribution in [0.25, 0.3) is 0 Å². The summed E-state index contributed by atoms with van der Waals surface area (Å²) in [5.74, 6) is 0.959. The van der Waals surface area contributed by atoms with Crippen LogP contribution in [0.3, 0.4) is 0 Å². The van der Waals surface area contributed by atoms with Crippen LogP contribution in [0.2, 0.25) is 0 Å². The summed E-state index contributed by atoms with van der Waals surface area (Å²) in [5.41, 5.74) is 0.948. The standard InChI is InChI=1S/C13H15BrO3S/c1-17-11-4-3-10(14)7-9(11)8-13(12(15)16)5-2-6-18-13/h3-4,7H,2,5-6,8H2,1H3,(H,15,16). The molecule has 0 amide bonds. The van der Waals surface area contributed by atoms with Gasteiger partial charge in [-0.15, -0.1) is 11.8 Å². The van der Waals surface area contributed by atoms with Gasteiger partial charge in [0.1, 0.15) is 10.5 Å². The maximum absolute atomic E-state index is 11.5. The minimum Gasteiger partial charge on any atom is -0.496 e. The minimum absolute atomic E-state index is 0.510. The predicted molar refractivity (Wildman–Crippen MR) is 76.5 cm³/mol. The van der Waals surface area contributed by atoms with Gasteiger partial charge in [-0.25, -0.2) is 0 Å². The Hall–Kier alpha value is -0.680. The van der Waals surface area contributed by atoms with Crippen molar-refractivity contribution in [2.45, 2.75) is 24.0 Å². The Kier molecular flexibility index (Phi) is 4.22. The van der Waals surface area contributed by atoms with E-state index in [4.69, 9.17) is 4.74 Å². The Morgan fingerprint density at radius 2 is 2.39 bits per heavy atom. The van der Waals surface area contributed by atoms with Crippen LogP contribution in [0.4, 0.5) is 0 Å². The van der Waals surface area contributed by atoms with Gasteiger partial charge >= 0.3 is 5.97 Å². The average Bonchev–Trinajstić information content (AvgIpc) is 2.79. The second kappa shape index (κ2) is 5.53. The van der Waals surface area contributed by atoms with Crippen molar-refractivity contribution in [2.24, 2.45) is 0 Å². The molecule has 1 atom stereocenters. The van der Waals surface area contributed by atoms with Gasteiger partial charge in [0.25, 0.3) is 0 Å².